The molecule has 0 amide bonds. The molecular weight excluding hydrogens is 232 g/mol. The van der Waals surface area contributed by atoms with Crippen LogP contribution in [0.3, 0.4) is 0 Å². The number of Topliss-reactive ketones (excluding diaryl/α,β-unsaturated/α-hetero) is 1. The van der Waals surface area contributed by atoms with E-state index in [0.717, 1.165) is 5.56 Å². The SMILES string of the molecule is COCOC(=O)C(C)C(=O)CCc1ccccc1. The number of hydrogen-bond donors (Lipinski definition) is 0. The fourth-order valence-electron chi connectivity index (χ4n) is 1.50. The molecule has 0 spiro atoms. The molecule has 0 saturated carbocycles. The van der Waals surface area contributed by atoms with Gasteiger partial charge in [0.05, 0.1) is 0 Å². The summed E-state index contributed by atoms with van der Waals surface area (Å²) in [4.78, 5) is 23.2. The highest BCUT2D eigenvalue weighted by Gasteiger charge is 2.22. The molecule has 0 fully saturated rings. The van der Waals surface area contributed by atoms with Crippen LogP contribution in [0.4, 0.5) is 0 Å². The first-order chi connectivity index (χ1) is 8.65. The van der Waals surface area contributed by atoms with Crippen molar-refractivity contribution in [1.29, 1.82) is 0 Å². The van der Waals surface area contributed by atoms with E-state index in [1.54, 1.807) is 6.92 Å². The number of carbonyl (C=O) groups excluding carboxylic acids is 2. The van der Waals surface area contributed by atoms with Gasteiger partial charge in [-0.3, -0.25) is 9.59 Å². The summed E-state index contributed by atoms with van der Waals surface area (Å²) in [7, 11) is 1.43. The topological polar surface area (TPSA) is 52.6 Å². The van der Waals surface area contributed by atoms with Crippen molar-refractivity contribution < 1.29 is 19.1 Å². The molecule has 4 nitrogen and oxygen atoms in total. The van der Waals surface area contributed by atoms with Crippen molar-refractivity contribution in [3.63, 3.8) is 0 Å². The normalized spacial score (nSPS) is 11.9. The second-order valence-corrected chi connectivity index (χ2v) is 4.04. The molecule has 1 atom stereocenters. The fourth-order valence-corrected chi connectivity index (χ4v) is 1.50. The standard InChI is InChI=1S/C14H18O4/c1-11(14(16)18-10-17-2)13(15)9-8-12-6-4-3-5-7-12/h3-7,11H,8-10H2,1-2H3. The molecule has 0 saturated heterocycles. The van der Waals surface area contributed by atoms with E-state index in [-0.39, 0.29) is 12.6 Å². The monoisotopic (exact) mass is 250 g/mol. The number of hydrogen-bond acceptors (Lipinski definition) is 4. The highest BCUT2D eigenvalue weighted by molar-refractivity contribution is 5.98. The van der Waals surface area contributed by atoms with E-state index in [4.69, 9.17) is 4.74 Å². The number of methoxy groups -OCH3 is 1. The van der Waals surface area contributed by atoms with Crippen LogP contribution in [0.2, 0.25) is 0 Å². The molecule has 0 bridgehead atoms. The Morgan fingerprint density at radius 3 is 2.50 bits per heavy atom. The lowest BCUT2D eigenvalue weighted by molar-refractivity contribution is -0.160. The summed E-state index contributed by atoms with van der Waals surface area (Å²) in [5, 5.41) is 0. The number of carbonyl (C=O) groups is 2. The average Bonchev–Trinajstić information content (AvgIpc) is 2.42. The first-order valence-electron chi connectivity index (χ1n) is 5.87. The number of benzene rings is 1. The van der Waals surface area contributed by atoms with Gasteiger partial charge in [-0.25, -0.2) is 0 Å². The van der Waals surface area contributed by atoms with Crippen molar-refractivity contribution in [3.05, 3.63) is 35.9 Å². The molecule has 1 aromatic carbocycles. The van der Waals surface area contributed by atoms with Crippen LogP contribution in [0.25, 0.3) is 0 Å². The fraction of sp³-hybridized carbons (Fsp3) is 0.429. The van der Waals surface area contributed by atoms with Crippen LogP contribution in [0.1, 0.15) is 18.9 Å². The van der Waals surface area contributed by atoms with E-state index in [2.05, 4.69) is 4.74 Å². The van der Waals surface area contributed by atoms with Gasteiger partial charge in [-0.15, -0.1) is 0 Å². The molecule has 0 N–H and O–H groups in total. The first-order valence-corrected chi connectivity index (χ1v) is 5.87. The second kappa shape index (κ2) is 7.61. The Balaban J connectivity index is 2.38. The summed E-state index contributed by atoms with van der Waals surface area (Å²) >= 11 is 0. The first kappa shape index (κ1) is 14.4. The van der Waals surface area contributed by atoms with Gasteiger partial charge in [0.2, 0.25) is 0 Å². The van der Waals surface area contributed by atoms with E-state index in [0.29, 0.717) is 12.8 Å². The van der Waals surface area contributed by atoms with Crippen LogP contribution in [-0.2, 0) is 25.5 Å². The third-order valence-corrected chi connectivity index (χ3v) is 2.66. The van der Waals surface area contributed by atoms with E-state index < -0.39 is 11.9 Å². The maximum absolute atomic E-state index is 11.8. The van der Waals surface area contributed by atoms with E-state index in [1.165, 1.54) is 7.11 Å². The maximum Gasteiger partial charge on any atom is 0.318 e. The van der Waals surface area contributed by atoms with Gasteiger partial charge < -0.3 is 9.47 Å². The van der Waals surface area contributed by atoms with Crippen molar-refractivity contribution >= 4 is 11.8 Å². The van der Waals surface area contributed by atoms with Crippen molar-refractivity contribution in [3.8, 4) is 0 Å². The molecule has 1 aromatic rings. The molecule has 18 heavy (non-hydrogen) atoms. The van der Waals surface area contributed by atoms with Crippen LogP contribution in [0, 0.1) is 5.92 Å². The predicted molar refractivity (Wildman–Crippen MR) is 66.9 cm³/mol. The summed E-state index contributed by atoms with van der Waals surface area (Å²) in [6.07, 6.45) is 0.981. The minimum Gasteiger partial charge on any atom is -0.438 e. The average molecular weight is 250 g/mol. The van der Waals surface area contributed by atoms with Crippen LogP contribution >= 0.6 is 0 Å². The van der Waals surface area contributed by atoms with Gasteiger partial charge in [0.1, 0.15) is 11.7 Å². The lowest BCUT2D eigenvalue weighted by Gasteiger charge is -2.09. The number of ketones is 1. The van der Waals surface area contributed by atoms with Gasteiger partial charge in [-0.1, -0.05) is 30.3 Å². The van der Waals surface area contributed by atoms with Gasteiger partial charge >= 0.3 is 5.97 Å². The van der Waals surface area contributed by atoms with Gasteiger partial charge in [0.25, 0.3) is 0 Å². The molecule has 0 aliphatic carbocycles. The molecule has 1 unspecified atom stereocenters. The Bertz CT molecular complexity index is 386. The molecule has 0 aromatic heterocycles. The second-order valence-electron chi connectivity index (χ2n) is 4.04. The van der Waals surface area contributed by atoms with E-state index in [9.17, 15) is 9.59 Å². The predicted octanol–water partition coefficient (Wildman–Crippen LogP) is 1.97. The summed E-state index contributed by atoms with van der Waals surface area (Å²) < 4.78 is 9.36. The van der Waals surface area contributed by atoms with Crippen LogP contribution in [0.15, 0.2) is 30.3 Å². The van der Waals surface area contributed by atoms with Gasteiger partial charge in [-0.2, -0.15) is 0 Å². The van der Waals surface area contributed by atoms with E-state index in [1.807, 2.05) is 30.3 Å². The third-order valence-electron chi connectivity index (χ3n) is 2.66. The minimum atomic E-state index is -0.733. The largest absolute Gasteiger partial charge is 0.438 e. The van der Waals surface area contributed by atoms with Crippen molar-refractivity contribution in [2.24, 2.45) is 5.92 Å². The van der Waals surface area contributed by atoms with Crippen LogP contribution in [-0.4, -0.2) is 25.7 Å². The molecule has 1 rings (SSSR count). The van der Waals surface area contributed by atoms with Crippen molar-refractivity contribution in [2.75, 3.05) is 13.9 Å². The molecule has 0 heterocycles. The molecule has 0 radical (unpaired) electrons. The Morgan fingerprint density at radius 1 is 1.22 bits per heavy atom. The van der Waals surface area contributed by atoms with Gasteiger partial charge in [0.15, 0.2) is 6.79 Å². The summed E-state index contributed by atoms with van der Waals surface area (Å²) in [6, 6.07) is 9.70. The van der Waals surface area contributed by atoms with Gasteiger partial charge in [0, 0.05) is 13.5 Å². The quantitative estimate of drug-likeness (QED) is 0.422. The molecule has 0 aliphatic heterocycles. The van der Waals surface area contributed by atoms with Crippen LogP contribution < -0.4 is 0 Å². The Morgan fingerprint density at radius 2 is 1.89 bits per heavy atom. The molecular formula is C14H18O4. The molecule has 4 heteroatoms. The summed E-state index contributed by atoms with van der Waals surface area (Å²) in [6.45, 7) is 1.44. The zero-order valence-corrected chi connectivity index (χ0v) is 10.7. The van der Waals surface area contributed by atoms with Crippen molar-refractivity contribution in [1.82, 2.24) is 0 Å². The Kier molecular flexibility index (Phi) is 6.08. The van der Waals surface area contributed by atoms with Crippen LogP contribution in [0.5, 0.6) is 0 Å². The van der Waals surface area contributed by atoms with Gasteiger partial charge in [-0.05, 0) is 18.9 Å². The summed E-state index contributed by atoms with van der Waals surface area (Å²) in [5.74, 6) is -1.38. The zero-order valence-electron chi connectivity index (χ0n) is 10.7. The number of aryl methyl sites for hydroxylation is 1. The molecule has 98 valence electrons. The van der Waals surface area contributed by atoms with Crippen molar-refractivity contribution in [2.45, 2.75) is 19.8 Å². The number of esters is 1. The lowest BCUT2D eigenvalue weighted by Crippen LogP contribution is -2.24. The lowest BCUT2D eigenvalue weighted by atomic mass is 10.00. The number of ether oxygens (including phenoxy) is 2. The summed E-state index contributed by atoms with van der Waals surface area (Å²) in [5.41, 5.74) is 1.09. The molecule has 0 aliphatic rings. The Hall–Kier alpha value is -1.68. The highest BCUT2D eigenvalue weighted by Crippen LogP contribution is 2.08. The Labute approximate surface area is 107 Å². The number of rotatable bonds is 7. The zero-order chi connectivity index (χ0) is 13.4. The smallest absolute Gasteiger partial charge is 0.318 e. The highest BCUT2D eigenvalue weighted by atomic mass is 16.7. The maximum atomic E-state index is 11.8. The minimum absolute atomic E-state index is 0.111. The third kappa shape index (κ3) is 4.67. The van der Waals surface area contributed by atoms with E-state index >= 15 is 0 Å².